The molecule has 4 heteroatoms. The molecule has 0 nitrogen and oxygen atoms in total. The fourth-order valence-corrected chi connectivity index (χ4v) is 0. The molecule has 0 aromatic rings. The van der Waals surface area contributed by atoms with Crippen molar-refractivity contribution in [2.45, 2.75) is 0 Å². The molecule has 5 heavy (non-hydrogen) atoms. The first-order valence-corrected chi connectivity index (χ1v) is 1.70. The minimum absolute atomic E-state index is 0. The van der Waals surface area contributed by atoms with Gasteiger partial charge in [-0.05, 0) is 0 Å². The zero-order chi connectivity index (χ0) is 3.58. The van der Waals surface area contributed by atoms with Gasteiger partial charge in [-0.1, -0.05) is 4.30 Å². The molecule has 0 aliphatic heterocycles. The Balaban J connectivity index is 0. The average Bonchev–Trinajstić information content (AvgIpc) is 0.811. The normalized spacial score (nSPS) is 7.20. The first-order valence-electron chi connectivity index (χ1n) is 0.567. The maximum Gasteiger partial charge on any atom is 0 e. The largest absolute Gasteiger partial charge is 0.312 e. The Bertz CT molecular complexity index is 11.6. The summed E-state index contributed by atoms with van der Waals surface area (Å²) in [5.41, 5.74) is 0. The topological polar surface area (TPSA) is 0 Å². The molecule has 0 atom stereocenters. The summed E-state index contributed by atoms with van der Waals surface area (Å²) in [5, 5.41) is 0. The number of hydrogen-bond donors (Lipinski definition) is 0. The van der Waals surface area contributed by atoms with Gasteiger partial charge in [0.2, 0.25) is 0 Å². The summed E-state index contributed by atoms with van der Waals surface area (Å²) >= 11 is 14.2. The van der Waals surface area contributed by atoms with Gasteiger partial charge in [0, 0.05) is 26.2 Å². The first kappa shape index (κ1) is 9.89. The second-order valence-corrected chi connectivity index (χ2v) is 1.93. The molecule has 0 rings (SSSR count). The number of halogens is 3. The van der Waals surface area contributed by atoms with Crippen molar-refractivity contribution in [2.75, 3.05) is 0 Å². The molecular formula is CCl3Zr-. The van der Waals surface area contributed by atoms with Crippen molar-refractivity contribution in [3.05, 3.63) is 4.30 Å². The van der Waals surface area contributed by atoms with Gasteiger partial charge in [0.1, 0.15) is 0 Å². The van der Waals surface area contributed by atoms with Crippen LogP contribution in [0, 0.1) is 4.30 Å². The molecule has 0 aliphatic rings. The Hall–Kier alpha value is 1.75. The van der Waals surface area contributed by atoms with E-state index in [1.165, 1.54) is 0 Å². The molecule has 0 aromatic carbocycles. The molecule has 0 N–H and O–H groups in total. The molecule has 0 amide bonds. The van der Waals surface area contributed by atoms with Gasteiger partial charge in [-0.15, -0.1) is 0 Å². The van der Waals surface area contributed by atoms with E-state index in [0.717, 1.165) is 0 Å². The van der Waals surface area contributed by atoms with Gasteiger partial charge in [0.25, 0.3) is 0 Å². The smallest absolute Gasteiger partial charge is 0 e. The van der Waals surface area contributed by atoms with Crippen molar-refractivity contribution >= 4 is 34.8 Å². The standard InChI is InChI=1S/CCl3.Zr/c2-1(3)4;/q-1;. The Kier molecular flexibility index (Phi) is 11.4. The van der Waals surface area contributed by atoms with E-state index in [4.69, 9.17) is 34.8 Å². The van der Waals surface area contributed by atoms with Gasteiger partial charge >= 0.3 is 0 Å². The molecule has 0 aliphatic carbocycles. The zero-order valence-corrected chi connectivity index (χ0v) is 6.86. The van der Waals surface area contributed by atoms with Crippen molar-refractivity contribution < 1.29 is 26.2 Å². The van der Waals surface area contributed by atoms with Crippen molar-refractivity contribution in [3.63, 3.8) is 0 Å². The van der Waals surface area contributed by atoms with Crippen LogP contribution in [0.2, 0.25) is 0 Å². The predicted molar refractivity (Wildman–Crippen MR) is 20.8 cm³/mol. The Morgan fingerprint density at radius 3 is 1.00 bits per heavy atom. The summed E-state index contributed by atoms with van der Waals surface area (Å²) in [7, 11) is 0. The molecule has 0 unspecified atom stereocenters. The second-order valence-electron chi connectivity index (χ2n) is 0.214. The molecule has 0 bridgehead atoms. The zero-order valence-electron chi connectivity index (χ0n) is 2.13. The van der Waals surface area contributed by atoms with E-state index in [1.807, 2.05) is 0 Å². The second kappa shape index (κ2) is 5.75. The van der Waals surface area contributed by atoms with Crippen molar-refractivity contribution in [1.82, 2.24) is 0 Å². The third-order valence-corrected chi connectivity index (χ3v) is 0. The summed E-state index contributed by atoms with van der Waals surface area (Å²) in [6, 6.07) is 0. The summed E-state index contributed by atoms with van der Waals surface area (Å²) in [5.74, 6) is 0. The average molecular weight is 210 g/mol. The Morgan fingerprint density at radius 2 is 1.00 bits per heavy atom. The maximum absolute atomic E-state index is 4.72. The third kappa shape index (κ3) is 26.4. The van der Waals surface area contributed by atoms with E-state index in [0.29, 0.717) is 0 Å². The minimum atomic E-state index is -0.167. The van der Waals surface area contributed by atoms with Crippen LogP contribution >= 0.6 is 34.8 Å². The molecule has 0 saturated heterocycles. The molecule has 0 heterocycles. The summed E-state index contributed by atoms with van der Waals surface area (Å²) in [6.07, 6.45) is 0. The van der Waals surface area contributed by atoms with Crippen molar-refractivity contribution in [3.8, 4) is 0 Å². The first-order chi connectivity index (χ1) is 1.73. The van der Waals surface area contributed by atoms with Crippen LogP contribution in [0.25, 0.3) is 0 Å². The van der Waals surface area contributed by atoms with Crippen LogP contribution in [0.15, 0.2) is 0 Å². The maximum atomic E-state index is 4.72. The molecule has 0 aromatic heterocycles. The van der Waals surface area contributed by atoms with Gasteiger partial charge < -0.3 is 34.8 Å². The molecule has 0 radical (unpaired) electrons. The summed E-state index contributed by atoms with van der Waals surface area (Å²) in [6.45, 7) is 0. The van der Waals surface area contributed by atoms with Gasteiger partial charge in [-0.2, -0.15) is 0 Å². The van der Waals surface area contributed by atoms with Crippen molar-refractivity contribution in [1.29, 1.82) is 0 Å². The minimum Gasteiger partial charge on any atom is -0.312 e. The number of rotatable bonds is 0. The van der Waals surface area contributed by atoms with Crippen molar-refractivity contribution in [2.24, 2.45) is 0 Å². The molecule has 0 fully saturated rings. The fraction of sp³-hybridized carbons (Fsp3) is 0. The van der Waals surface area contributed by atoms with E-state index in [-0.39, 0.29) is 30.5 Å². The van der Waals surface area contributed by atoms with Crippen LogP contribution in [0.4, 0.5) is 0 Å². The van der Waals surface area contributed by atoms with E-state index in [2.05, 4.69) is 0 Å². The summed E-state index contributed by atoms with van der Waals surface area (Å²) in [4.78, 5) is 0. The SMILES string of the molecule is Cl[C-](Cl)Cl.[Zr]. The quantitative estimate of drug-likeness (QED) is 0.537. The van der Waals surface area contributed by atoms with E-state index >= 15 is 0 Å². The van der Waals surface area contributed by atoms with Crippen LogP contribution in [-0.4, -0.2) is 0 Å². The monoisotopic (exact) mass is 207 g/mol. The third-order valence-electron chi connectivity index (χ3n) is 0. The predicted octanol–water partition coefficient (Wildman–Crippen LogP) is 2.15. The molecule has 0 saturated carbocycles. The van der Waals surface area contributed by atoms with E-state index < -0.39 is 0 Å². The Morgan fingerprint density at radius 1 is 1.00 bits per heavy atom. The van der Waals surface area contributed by atoms with Gasteiger partial charge in [-0.25, -0.2) is 0 Å². The molecule has 30 valence electrons. The van der Waals surface area contributed by atoms with Gasteiger partial charge in [0.05, 0.1) is 0 Å². The molecule has 0 spiro atoms. The van der Waals surface area contributed by atoms with Gasteiger partial charge in [0.15, 0.2) is 0 Å². The van der Waals surface area contributed by atoms with Crippen LogP contribution < -0.4 is 0 Å². The summed E-state index contributed by atoms with van der Waals surface area (Å²) < 4.78 is -0.167. The van der Waals surface area contributed by atoms with Crippen LogP contribution in [0.1, 0.15) is 0 Å². The van der Waals surface area contributed by atoms with E-state index in [9.17, 15) is 0 Å². The van der Waals surface area contributed by atoms with Gasteiger partial charge in [-0.3, -0.25) is 0 Å². The van der Waals surface area contributed by atoms with Crippen LogP contribution in [0.3, 0.4) is 0 Å². The van der Waals surface area contributed by atoms with E-state index in [1.54, 1.807) is 0 Å². The fourth-order valence-electron chi connectivity index (χ4n) is 0. The van der Waals surface area contributed by atoms with Crippen LogP contribution in [-0.2, 0) is 26.2 Å². The van der Waals surface area contributed by atoms with Crippen LogP contribution in [0.5, 0.6) is 0 Å². The Labute approximate surface area is 64.9 Å². The molecular weight excluding hydrogens is 210 g/mol. The number of hydrogen-bond acceptors (Lipinski definition) is 0.